The third kappa shape index (κ3) is 2.81. The number of likely N-dealkylation sites (tertiary alicyclic amines) is 1. The molecular weight excluding hydrogens is 216 g/mol. The Labute approximate surface area is 101 Å². The Morgan fingerprint density at radius 2 is 2.47 bits per heavy atom. The summed E-state index contributed by atoms with van der Waals surface area (Å²) in [6.07, 6.45) is 2.48. The average molecular weight is 234 g/mol. The van der Waals surface area contributed by atoms with Crippen molar-refractivity contribution in [3.8, 4) is 0 Å². The highest BCUT2D eigenvalue weighted by molar-refractivity contribution is 5.91. The minimum Gasteiger partial charge on any atom is -0.295 e. The molecule has 1 fully saturated rings. The van der Waals surface area contributed by atoms with Gasteiger partial charge in [0.2, 0.25) is 0 Å². The lowest BCUT2D eigenvalue weighted by atomic mass is 10.2. The zero-order valence-electron chi connectivity index (χ0n) is 10.0. The highest BCUT2D eigenvalue weighted by Gasteiger charge is 2.20. The molecule has 0 radical (unpaired) electrons. The number of aromatic nitrogens is 1. The van der Waals surface area contributed by atoms with Gasteiger partial charge in [0.1, 0.15) is 5.69 Å². The molecule has 1 aromatic heterocycles. The maximum atomic E-state index is 11.4. The number of hydrazine groups is 1. The fourth-order valence-electron chi connectivity index (χ4n) is 2.20. The second kappa shape index (κ2) is 5.25. The van der Waals surface area contributed by atoms with Crippen molar-refractivity contribution >= 4 is 5.91 Å². The van der Waals surface area contributed by atoms with Crippen LogP contribution in [0.15, 0.2) is 18.2 Å². The first-order valence-corrected chi connectivity index (χ1v) is 5.91. The normalized spacial score (nSPS) is 20.5. The zero-order chi connectivity index (χ0) is 12.3. The topological polar surface area (TPSA) is 71.2 Å². The number of hydrogen-bond acceptors (Lipinski definition) is 4. The Morgan fingerprint density at radius 3 is 3.12 bits per heavy atom. The van der Waals surface area contributed by atoms with Crippen LogP contribution in [0.25, 0.3) is 0 Å². The van der Waals surface area contributed by atoms with Crippen LogP contribution in [0.5, 0.6) is 0 Å². The summed E-state index contributed by atoms with van der Waals surface area (Å²) in [5, 5.41) is 0. The molecule has 1 aromatic rings. The van der Waals surface area contributed by atoms with Crippen molar-refractivity contribution in [2.24, 2.45) is 5.84 Å². The highest BCUT2D eigenvalue weighted by atomic mass is 16.2. The number of nitrogen functional groups attached to an aromatic ring is 1. The van der Waals surface area contributed by atoms with Gasteiger partial charge in [0, 0.05) is 12.6 Å². The summed E-state index contributed by atoms with van der Waals surface area (Å²) >= 11 is 0. The predicted octanol–water partition coefficient (Wildman–Crippen LogP) is 0.669. The van der Waals surface area contributed by atoms with Crippen molar-refractivity contribution in [2.45, 2.75) is 32.4 Å². The van der Waals surface area contributed by atoms with Gasteiger partial charge in [0.25, 0.3) is 5.91 Å². The summed E-state index contributed by atoms with van der Waals surface area (Å²) in [4.78, 5) is 18.0. The van der Waals surface area contributed by atoms with Crippen molar-refractivity contribution in [1.82, 2.24) is 15.3 Å². The van der Waals surface area contributed by atoms with Crippen molar-refractivity contribution in [2.75, 3.05) is 6.54 Å². The van der Waals surface area contributed by atoms with E-state index in [9.17, 15) is 4.79 Å². The Hall–Kier alpha value is -1.46. The second-order valence-corrected chi connectivity index (χ2v) is 4.45. The Morgan fingerprint density at radius 1 is 1.65 bits per heavy atom. The summed E-state index contributed by atoms with van der Waals surface area (Å²) in [5.74, 6) is 4.74. The van der Waals surface area contributed by atoms with Gasteiger partial charge in [-0.1, -0.05) is 6.07 Å². The van der Waals surface area contributed by atoms with Crippen LogP contribution in [-0.2, 0) is 6.54 Å². The minimum atomic E-state index is -0.346. The van der Waals surface area contributed by atoms with E-state index in [1.165, 1.54) is 12.8 Å². The number of pyridine rings is 1. The average Bonchev–Trinajstić information content (AvgIpc) is 2.74. The van der Waals surface area contributed by atoms with Gasteiger partial charge in [-0.25, -0.2) is 10.8 Å². The molecule has 0 aliphatic carbocycles. The van der Waals surface area contributed by atoms with Crippen LogP contribution >= 0.6 is 0 Å². The first kappa shape index (κ1) is 12.0. The van der Waals surface area contributed by atoms with Crippen molar-refractivity contribution < 1.29 is 4.79 Å². The molecule has 1 amide bonds. The molecule has 3 N–H and O–H groups in total. The van der Waals surface area contributed by atoms with E-state index in [0.29, 0.717) is 11.7 Å². The zero-order valence-corrected chi connectivity index (χ0v) is 10.0. The van der Waals surface area contributed by atoms with E-state index < -0.39 is 0 Å². The number of rotatable bonds is 3. The van der Waals surface area contributed by atoms with E-state index >= 15 is 0 Å². The molecule has 0 spiro atoms. The summed E-state index contributed by atoms with van der Waals surface area (Å²) in [6.45, 7) is 4.13. The lowest BCUT2D eigenvalue weighted by Gasteiger charge is -2.20. The van der Waals surface area contributed by atoms with Gasteiger partial charge in [-0.2, -0.15) is 0 Å². The number of carbonyl (C=O) groups is 1. The predicted molar refractivity (Wildman–Crippen MR) is 65.0 cm³/mol. The highest BCUT2D eigenvalue weighted by Crippen LogP contribution is 2.18. The van der Waals surface area contributed by atoms with E-state index in [0.717, 1.165) is 18.8 Å². The van der Waals surface area contributed by atoms with Crippen LogP contribution in [0.3, 0.4) is 0 Å². The molecule has 1 unspecified atom stereocenters. The molecule has 0 aromatic carbocycles. The molecular formula is C12H18N4O. The van der Waals surface area contributed by atoms with E-state index in [-0.39, 0.29) is 5.91 Å². The maximum absolute atomic E-state index is 11.4. The molecule has 0 saturated carbocycles. The molecule has 17 heavy (non-hydrogen) atoms. The van der Waals surface area contributed by atoms with E-state index in [2.05, 4.69) is 22.2 Å². The van der Waals surface area contributed by atoms with Gasteiger partial charge in [-0.05, 0) is 38.4 Å². The SMILES string of the molecule is CC1CCCN1Cc1cccc(C(=O)NN)n1. The first-order chi connectivity index (χ1) is 8.20. The fraction of sp³-hybridized carbons (Fsp3) is 0.500. The number of nitrogens with two attached hydrogens (primary N) is 1. The van der Waals surface area contributed by atoms with Crippen molar-refractivity contribution in [3.05, 3.63) is 29.6 Å². The monoisotopic (exact) mass is 234 g/mol. The molecule has 2 rings (SSSR count). The van der Waals surface area contributed by atoms with E-state index in [1.807, 2.05) is 12.1 Å². The maximum Gasteiger partial charge on any atom is 0.283 e. The Kier molecular flexibility index (Phi) is 3.71. The quantitative estimate of drug-likeness (QED) is 0.458. The van der Waals surface area contributed by atoms with Crippen LogP contribution in [0.4, 0.5) is 0 Å². The lowest BCUT2D eigenvalue weighted by Crippen LogP contribution is -2.31. The van der Waals surface area contributed by atoms with Gasteiger partial charge >= 0.3 is 0 Å². The van der Waals surface area contributed by atoms with E-state index in [1.54, 1.807) is 6.07 Å². The molecule has 5 heteroatoms. The summed E-state index contributed by atoms with van der Waals surface area (Å²) < 4.78 is 0. The summed E-state index contributed by atoms with van der Waals surface area (Å²) in [7, 11) is 0. The number of amides is 1. The van der Waals surface area contributed by atoms with Crippen LogP contribution in [0, 0.1) is 0 Å². The molecule has 0 bridgehead atoms. The van der Waals surface area contributed by atoms with Crippen molar-refractivity contribution in [3.63, 3.8) is 0 Å². The lowest BCUT2D eigenvalue weighted by molar-refractivity contribution is 0.0948. The van der Waals surface area contributed by atoms with Gasteiger partial charge in [0.05, 0.1) is 5.69 Å². The van der Waals surface area contributed by atoms with Crippen LogP contribution < -0.4 is 11.3 Å². The van der Waals surface area contributed by atoms with Gasteiger partial charge in [-0.3, -0.25) is 15.1 Å². The standard InChI is InChI=1S/C12H18N4O/c1-9-4-3-7-16(9)8-10-5-2-6-11(14-10)12(17)15-13/h2,5-6,9H,3-4,7-8,13H2,1H3,(H,15,17). The number of carbonyl (C=O) groups excluding carboxylic acids is 1. The molecule has 2 heterocycles. The van der Waals surface area contributed by atoms with Gasteiger partial charge in [-0.15, -0.1) is 0 Å². The fourth-order valence-corrected chi connectivity index (χ4v) is 2.20. The van der Waals surface area contributed by atoms with Crippen LogP contribution in [0.1, 0.15) is 35.9 Å². The third-order valence-electron chi connectivity index (χ3n) is 3.23. The Balaban J connectivity index is 2.08. The molecule has 1 atom stereocenters. The largest absolute Gasteiger partial charge is 0.295 e. The molecule has 1 aliphatic heterocycles. The number of hydrogen-bond donors (Lipinski definition) is 2. The van der Waals surface area contributed by atoms with Gasteiger partial charge < -0.3 is 0 Å². The smallest absolute Gasteiger partial charge is 0.283 e. The summed E-state index contributed by atoms with van der Waals surface area (Å²) in [5.41, 5.74) is 3.38. The molecule has 92 valence electrons. The van der Waals surface area contributed by atoms with E-state index in [4.69, 9.17) is 5.84 Å². The van der Waals surface area contributed by atoms with Crippen LogP contribution in [0.2, 0.25) is 0 Å². The number of nitrogens with one attached hydrogen (secondary N) is 1. The van der Waals surface area contributed by atoms with Crippen molar-refractivity contribution in [1.29, 1.82) is 0 Å². The van der Waals surface area contributed by atoms with Gasteiger partial charge in [0.15, 0.2) is 0 Å². The van der Waals surface area contributed by atoms with Crippen LogP contribution in [-0.4, -0.2) is 28.4 Å². The molecule has 5 nitrogen and oxygen atoms in total. The minimum absolute atomic E-state index is 0.346. The molecule has 1 aliphatic rings. The third-order valence-corrected chi connectivity index (χ3v) is 3.23. The summed E-state index contributed by atoms with van der Waals surface area (Å²) in [6, 6.07) is 6.05. The second-order valence-electron chi connectivity index (χ2n) is 4.45. The first-order valence-electron chi connectivity index (χ1n) is 5.91. The molecule has 1 saturated heterocycles. The number of nitrogens with zero attached hydrogens (tertiary/aromatic N) is 2. The Bertz CT molecular complexity index is 407.